The van der Waals surface area contributed by atoms with Gasteiger partial charge >= 0.3 is 5.97 Å². The number of esters is 1. The number of nitrogens with zero attached hydrogens (tertiary/aromatic N) is 4. The Labute approximate surface area is 189 Å². The molecule has 10 heteroatoms. The van der Waals surface area contributed by atoms with E-state index < -0.39 is 11.8 Å². The van der Waals surface area contributed by atoms with Crippen molar-refractivity contribution in [3.63, 3.8) is 0 Å². The van der Waals surface area contributed by atoms with E-state index in [1.807, 2.05) is 6.92 Å². The van der Waals surface area contributed by atoms with Crippen LogP contribution in [-0.4, -0.2) is 41.2 Å². The van der Waals surface area contributed by atoms with Gasteiger partial charge < -0.3 is 14.6 Å². The first-order valence-corrected chi connectivity index (χ1v) is 10.2. The lowest BCUT2D eigenvalue weighted by molar-refractivity contribution is -0.745. The highest BCUT2D eigenvalue weighted by molar-refractivity contribution is 6.30. The zero-order valence-corrected chi connectivity index (χ0v) is 18.3. The molecular formula is C22H21ClN4O5. The largest absolute Gasteiger partial charge is 0.836 e. The average molecular weight is 457 g/mol. The zero-order valence-electron chi connectivity index (χ0n) is 17.5. The number of carbonyl (C=O) groups is 2. The Morgan fingerprint density at radius 3 is 2.44 bits per heavy atom. The van der Waals surface area contributed by atoms with Gasteiger partial charge in [0.1, 0.15) is 11.0 Å². The highest BCUT2D eigenvalue weighted by Gasteiger charge is 2.29. The van der Waals surface area contributed by atoms with Gasteiger partial charge in [-0.15, -0.1) is 4.68 Å². The third-order valence-corrected chi connectivity index (χ3v) is 4.52. The van der Waals surface area contributed by atoms with Crippen LogP contribution in [-0.2, 0) is 11.3 Å². The van der Waals surface area contributed by atoms with Gasteiger partial charge in [-0.05, 0) is 60.6 Å². The summed E-state index contributed by atoms with van der Waals surface area (Å²) in [6, 6.07) is 13.3. The maximum Gasteiger partial charge on any atom is 0.383 e. The van der Waals surface area contributed by atoms with Gasteiger partial charge in [0.15, 0.2) is 12.4 Å². The molecule has 0 aliphatic carbocycles. The Morgan fingerprint density at radius 2 is 1.81 bits per heavy atom. The molecule has 0 bridgehead atoms. The number of hydrogen-bond acceptors (Lipinski definition) is 7. The fraction of sp³-hybridized carbons (Fsp3) is 0.227. The number of carbonyl (C=O) groups excluding carboxylic acids is 2. The van der Waals surface area contributed by atoms with Gasteiger partial charge in [0, 0.05) is 10.6 Å². The average Bonchev–Trinajstić information content (AvgIpc) is 3.09. The van der Waals surface area contributed by atoms with Crippen LogP contribution in [0.25, 0.3) is 0 Å². The van der Waals surface area contributed by atoms with Crippen molar-refractivity contribution in [3.8, 4) is 11.6 Å². The third-order valence-electron chi connectivity index (χ3n) is 4.27. The number of ether oxygens (including phenoxy) is 2. The molecule has 3 aromatic rings. The summed E-state index contributed by atoms with van der Waals surface area (Å²) in [6.45, 7) is 3.69. The summed E-state index contributed by atoms with van der Waals surface area (Å²) in [5, 5.41) is 21.3. The number of hydrogen-bond donors (Lipinski definition) is 0. The van der Waals surface area contributed by atoms with Crippen LogP contribution < -0.4 is 14.5 Å². The van der Waals surface area contributed by atoms with E-state index in [1.165, 1.54) is 6.21 Å². The van der Waals surface area contributed by atoms with E-state index in [4.69, 9.17) is 21.1 Å². The van der Waals surface area contributed by atoms with Gasteiger partial charge in [0.25, 0.3) is 5.69 Å². The van der Waals surface area contributed by atoms with Crippen LogP contribution >= 0.6 is 11.6 Å². The van der Waals surface area contributed by atoms with Crippen molar-refractivity contribution in [2.24, 2.45) is 5.10 Å². The smallest absolute Gasteiger partial charge is 0.383 e. The first-order chi connectivity index (χ1) is 15.4. The van der Waals surface area contributed by atoms with Crippen LogP contribution in [0.2, 0.25) is 5.02 Å². The molecular weight excluding hydrogens is 436 g/mol. The quantitative estimate of drug-likeness (QED) is 0.211. The van der Waals surface area contributed by atoms with E-state index in [1.54, 1.807) is 55.5 Å². The molecule has 3 rings (SSSR count). The molecule has 1 heterocycles. The zero-order chi connectivity index (χ0) is 23.1. The van der Waals surface area contributed by atoms with E-state index in [2.05, 4.69) is 10.3 Å². The van der Waals surface area contributed by atoms with Crippen molar-refractivity contribution < 1.29 is 28.9 Å². The van der Waals surface area contributed by atoms with E-state index in [-0.39, 0.29) is 24.6 Å². The van der Waals surface area contributed by atoms with Crippen LogP contribution in [0.5, 0.6) is 11.6 Å². The number of halogens is 1. The molecule has 0 unspecified atom stereocenters. The fourth-order valence-electron chi connectivity index (χ4n) is 2.77. The standard InChI is InChI=1S/C22H21ClN4O5/c1-3-31-18-11-7-16(8-12-18)19(28)14-26-20(22(30)32-4-2)21(29)27(25-26)24-13-15-5-9-17(23)10-6-15/h5-13H,3-4,14H2,1-2H3. The predicted octanol–water partition coefficient (Wildman–Crippen LogP) is 2.24. The Kier molecular flexibility index (Phi) is 7.56. The molecule has 0 aliphatic rings. The molecule has 0 N–H and O–H groups in total. The second kappa shape index (κ2) is 10.5. The number of rotatable bonds is 9. The van der Waals surface area contributed by atoms with Crippen molar-refractivity contribution in [3.05, 3.63) is 70.4 Å². The minimum Gasteiger partial charge on any atom is -0.836 e. The summed E-state index contributed by atoms with van der Waals surface area (Å²) < 4.78 is 11.3. The normalized spacial score (nSPS) is 11.0. The maximum absolute atomic E-state index is 12.7. The van der Waals surface area contributed by atoms with E-state index in [0.29, 0.717) is 28.5 Å². The van der Waals surface area contributed by atoms with Gasteiger partial charge in [0.05, 0.1) is 19.4 Å². The number of ketones is 1. The van der Waals surface area contributed by atoms with Crippen LogP contribution in [0.4, 0.5) is 0 Å². The first-order valence-electron chi connectivity index (χ1n) is 9.86. The second-order valence-electron chi connectivity index (χ2n) is 6.49. The molecule has 0 saturated carbocycles. The number of Topliss-reactive ketones (excluding diaryl/α,β-unsaturated/α-hetero) is 1. The minimum atomic E-state index is -0.884. The Bertz CT molecular complexity index is 1120. The van der Waals surface area contributed by atoms with Gasteiger partial charge in [-0.2, -0.15) is 0 Å². The molecule has 0 fully saturated rings. The summed E-state index contributed by atoms with van der Waals surface area (Å²) >= 11 is 5.86. The van der Waals surface area contributed by atoms with Crippen molar-refractivity contribution >= 4 is 29.6 Å². The van der Waals surface area contributed by atoms with Crippen LogP contribution in [0.15, 0.2) is 53.6 Å². The summed E-state index contributed by atoms with van der Waals surface area (Å²) in [7, 11) is 0. The molecule has 9 nitrogen and oxygen atoms in total. The summed E-state index contributed by atoms with van der Waals surface area (Å²) in [5.41, 5.74) is 0.654. The molecule has 0 amide bonds. The second-order valence-corrected chi connectivity index (χ2v) is 6.92. The SMILES string of the molecule is CCOC(=O)c1c([O-])n(N=Cc2ccc(Cl)cc2)n[n+]1CC(=O)c1ccc(OCC)cc1. The molecule has 0 saturated heterocycles. The molecule has 2 aromatic carbocycles. The third kappa shape index (κ3) is 5.50. The molecule has 1 aromatic heterocycles. The molecule has 0 spiro atoms. The highest BCUT2D eigenvalue weighted by Crippen LogP contribution is 2.14. The Morgan fingerprint density at radius 1 is 1.12 bits per heavy atom. The van der Waals surface area contributed by atoms with Crippen molar-refractivity contribution in [2.45, 2.75) is 20.4 Å². The molecule has 32 heavy (non-hydrogen) atoms. The van der Waals surface area contributed by atoms with Gasteiger partial charge in [-0.3, -0.25) is 4.79 Å². The predicted molar refractivity (Wildman–Crippen MR) is 114 cm³/mol. The molecule has 166 valence electrons. The molecule has 0 atom stereocenters. The van der Waals surface area contributed by atoms with Crippen LogP contribution in [0, 0.1) is 0 Å². The van der Waals surface area contributed by atoms with E-state index in [0.717, 1.165) is 9.47 Å². The van der Waals surface area contributed by atoms with Crippen molar-refractivity contribution in [1.82, 2.24) is 10.0 Å². The Hall–Kier alpha value is -3.72. The summed E-state index contributed by atoms with van der Waals surface area (Å²) in [4.78, 5) is 25.8. The monoisotopic (exact) mass is 456 g/mol. The van der Waals surface area contributed by atoms with E-state index >= 15 is 0 Å². The van der Waals surface area contributed by atoms with Crippen LogP contribution in [0.1, 0.15) is 40.3 Å². The lowest BCUT2D eigenvalue weighted by Crippen LogP contribution is -2.45. The summed E-state index contributed by atoms with van der Waals surface area (Å²) in [6.07, 6.45) is 1.39. The Balaban J connectivity index is 1.89. The number of benzene rings is 2. The van der Waals surface area contributed by atoms with Crippen LogP contribution in [0.3, 0.4) is 0 Å². The fourth-order valence-corrected chi connectivity index (χ4v) is 2.90. The lowest BCUT2D eigenvalue weighted by atomic mass is 10.1. The number of aromatic nitrogens is 3. The summed E-state index contributed by atoms with van der Waals surface area (Å²) in [5.74, 6) is -1.40. The lowest BCUT2D eigenvalue weighted by Gasteiger charge is -2.04. The van der Waals surface area contributed by atoms with Crippen molar-refractivity contribution in [1.29, 1.82) is 0 Å². The minimum absolute atomic E-state index is 0.0599. The van der Waals surface area contributed by atoms with Gasteiger partial charge in [0.2, 0.25) is 5.78 Å². The molecule has 0 aliphatic heterocycles. The molecule has 0 radical (unpaired) electrons. The van der Waals surface area contributed by atoms with Gasteiger partial charge in [-0.1, -0.05) is 28.8 Å². The highest BCUT2D eigenvalue weighted by atomic mass is 35.5. The topological polar surface area (TPSA) is 110 Å². The van der Waals surface area contributed by atoms with E-state index in [9.17, 15) is 14.7 Å². The van der Waals surface area contributed by atoms with Crippen molar-refractivity contribution in [2.75, 3.05) is 13.2 Å². The maximum atomic E-state index is 12.7. The first kappa shape index (κ1) is 23.0. The van der Waals surface area contributed by atoms with Gasteiger partial charge in [-0.25, -0.2) is 4.79 Å².